The Morgan fingerprint density at radius 1 is 1.50 bits per heavy atom. The van der Waals surface area contributed by atoms with Crippen molar-refractivity contribution in [1.29, 1.82) is 0 Å². The zero-order chi connectivity index (χ0) is 13.0. The van der Waals surface area contributed by atoms with Crippen LogP contribution in [-0.4, -0.2) is 26.5 Å². The molecule has 0 bridgehead atoms. The average molecular weight is 262 g/mol. The lowest BCUT2D eigenvalue weighted by atomic mass is 10.1. The van der Waals surface area contributed by atoms with Gasteiger partial charge in [-0.05, 0) is 24.8 Å². The third-order valence-corrected chi connectivity index (χ3v) is 3.72. The number of aromatic nitrogens is 3. The highest BCUT2D eigenvalue weighted by atomic mass is 32.2. The highest BCUT2D eigenvalue weighted by molar-refractivity contribution is 7.98. The van der Waals surface area contributed by atoms with E-state index >= 15 is 0 Å². The van der Waals surface area contributed by atoms with Crippen LogP contribution >= 0.6 is 11.8 Å². The van der Waals surface area contributed by atoms with E-state index in [0.29, 0.717) is 11.9 Å². The molecule has 0 fully saturated rings. The Labute approximate surface area is 112 Å². The molecule has 0 saturated heterocycles. The van der Waals surface area contributed by atoms with Gasteiger partial charge < -0.3 is 10.3 Å². The molecule has 0 spiro atoms. The molecule has 2 aromatic heterocycles. The van der Waals surface area contributed by atoms with Gasteiger partial charge in [-0.25, -0.2) is 9.97 Å². The van der Waals surface area contributed by atoms with E-state index in [1.807, 2.05) is 36.4 Å². The van der Waals surface area contributed by atoms with Gasteiger partial charge in [0.15, 0.2) is 0 Å². The predicted molar refractivity (Wildman–Crippen MR) is 77.6 cm³/mol. The van der Waals surface area contributed by atoms with Gasteiger partial charge in [-0.3, -0.25) is 0 Å². The maximum atomic E-state index is 5.94. The van der Waals surface area contributed by atoms with Gasteiger partial charge in [0, 0.05) is 23.6 Å². The Hall–Kier alpha value is -1.49. The molecule has 1 atom stereocenters. The summed E-state index contributed by atoms with van der Waals surface area (Å²) in [4.78, 5) is 8.40. The van der Waals surface area contributed by atoms with Gasteiger partial charge in [-0.15, -0.1) is 0 Å². The molecule has 2 aromatic rings. The van der Waals surface area contributed by atoms with E-state index < -0.39 is 0 Å². The number of imidazole rings is 1. The first-order valence-electron chi connectivity index (χ1n) is 5.99. The second kappa shape index (κ2) is 5.91. The van der Waals surface area contributed by atoms with E-state index in [1.165, 1.54) is 0 Å². The van der Waals surface area contributed by atoms with Crippen LogP contribution in [0.1, 0.15) is 19.4 Å². The van der Waals surface area contributed by atoms with E-state index in [2.05, 4.69) is 27.7 Å². The van der Waals surface area contributed by atoms with Crippen molar-refractivity contribution >= 4 is 17.6 Å². The molecule has 0 amide bonds. The van der Waals surface area contributed by atoms with Gasteiger partial charge in [0.1, 0.15) is 5.82 Å². The molecule has 0 aliphatic rings. The fraction of sp³-hybridized carbons (Fsp3) is 0.385. The van der Waals surface area contributed by atoms with Gasteiger partial charge in [0.2, 0.25) is 0 Å². The van der Waals surface area contributed by atoms with Crippen LogP contribution < -0.4 is 5.73 Å². The van der Waals surface area contributed by atoms with Crippen molar-refractivity contribution in [2.45, 2.75) is 19.4 Å². The summed E-state index contributed by atoms with van der Waals surface area (Å²) in [5.41, 5.74) is 7.94. The smallest absolute Gasteiger partial charge is 0.132 e. The van der Waals surface area contributed by atoms with Crippen molar-refractivity contribution in [2.24, 2.45) is 0 Å². The molecule has 2 N–H and O–H groups in total. The van der Waals surface area contributed by atoms with E-state index in [0.717, 1.165) is 23.4 Å². The standard InChI is InChI=1S/C13H18N4S/c1-3-10(8-18-2)17-9-15-7-12(17)11-5-4-6-16-13(11)14/h4-7,9-10H,3,8H2,1-2H3,(H2,14,16). The van der Waals surface area contributed by atoms with Crippen LogP contribution in [0.2, 0.25) is 0 Å². The van der Waals surface area contributed by atoms with Crippen LogP contribution in [0, 0.1) is 0 Å². The van der Waals surface area contributed by atoms with Crippen molar-refractivity contribution in [1.82, 2.24) is 14.5 Å². The lowest BCUT2D eigenvalue weighted by Crippen LogP contribution is -2.11. The van der Waals surface area contributed by atoms with Crippen molar-refractivity contribution in [3.8, 4) is 11.3 Å². The number of rotatable bonds is 5. The maximum Gasteiger partial charge on any atom is 0.132 e. The zero-order valence-corrected chi connectivity index (χ0v) is 11.5. The minimum atomic E-state index is 0.442. The minimum Gasteiger partial charge on any atom is -0.383 e. The third-order valence-electron chi connectivity index (χ3n) is 3.00. The fourth-order valence-corrected chi connectivity index (χ4v) is 2.81. The molecule has 0 saturated carbocycles. The van der Waals surface area contributed by atoms with Gasteiger partial charge in [-0.1, -0.05) is 6.92 Å². The first-order chi connectivity index (χ1) is 8.77. The van der Waals surface area contributed by atoms with Crippen molar-refractivity contribution < 1.29 is 0 Å². The number of anilines is 1. The van der Waals surface area contributed by atoms with Crippen LogP contribution in [0.25, 0.3) is 11.3 Å². The summed E-state index contributed by atoms with van der Waals surface area (Å²) in [5.74, 6) is 1.62. The molecule has 96 valence electrons. The largest absolute Gasteiger partial charge is 0.383 e. The van der Waals surface area contributed by atoms with E-state index in [9.17, 15) is 0 Å². The summed E-state index contributed by atoms with van der Waals surface area (Å²) in [5, 5.41) is 0. The van der Waals surface area contributed by atoms with Crippen LogP contribution in [0.15, 0.2) is 30.9 Å². The second-order valence-corrected chi connectivity index (χ2v) is 5.05. The molecule has 0 radical (unpaired) electrons. The van der Waals surface area contributed by atoms with Crippen molar-refractivity contribution in [3.63, 3.8) is 0 Å². The molecule has 1 unspecified atom stereocenters. The highest BCUT2D eigenvalue weighted by Gasteiger charge is 2.15. The lowest BCUT2D eigenvalue weighted by molar-refractivity contribution is 0.544. The summed E-state index contributed by atoms with van der Waals surface area (Å²) < 4.78 is 2.20. The van der Waals surface area contributed by atoms with Gasteiger partial charge in [-0.2, -0.15) is 11.8 Å². The Kier molecular flexibility index (Phi) is 4.25. The Balaban J connectivity index is 2.41. The summed E-state index contributed by atoms with van der Waals surface area (Å²) in [7, 11) is 0. The maximum absolute atomic E-state index is 5.94. The van der Waals surface area contributed by atoms with E-state index in [-0.39, 0.29) is 0 Å². The Morgan fingerprint density at radius 2 is 2.33 bits per heavy atom. The molecule has 2 heterocycles. The second-order valence-electron chi connectivity index (χ2n) is 4.14. The van der Waals surface area contributed by atoms with Crippen LogP contribution in [0.4, 0.5) is 5.82 Å². The zero-order valence-electron chi connectivity index (χ0n) is 10.7. The first kappa shape index (κ1) is 13.0. The molecule has 0 aliphatic carbocycles. The molecular weight excluding hydrogens is 244 g/mol. The number of thioether (sulfide) groups is 1. The quantitative estimate of drug-likeness (QED) is 0.900. The van der Waals surface area contributed by atoms with E-state index in [4.69, 9.17) is 5.73 Å². The van der Waals surface area contributed by atoms with Crippen molar-refractivity contribution in [3.05, 3.63) is 30.9 Å². The van der Waals surface area contributed by atoms with Gasteiger partial charge in [0.25, 0.3) is 0 Å². The molecule has 2 rings (SSSR count). The van der Waals surface area contributed by atoms with Crippen molar-refractivity contribution in [2.75, 3.05) is 17.7 Å². The normalized spacial score (nSPS) is 12.6. The molecule has 0 aromatic carbocycles. The number of nitrogens with two attached hydrogens (primary N) is 1. The number of hydrogen-bond acceptors (Lipinski definition) is 4. The SMILES string of the molecule is CCC(CSC)n1cncc1-c1cccnc1N. The lowest BCUT2D eigenvalue weighted by Gasteiger charge is -2.19. The minimum absolute atomic E-state index is 0.442. The molecular formula is C13H18N4S. The summed E-state index contributed by atoms with van der Waals surface area (Å²) in [6.45, 7) is 2.19. The molecule has 18 heavy (non-hydrogen) atoms. The Morgan fingerprint density at radius 3 is 3.00 bits per heavy atom. The number of hydrogen-bond donors (Lipinski definition) is 1. The average Bonchev–Trinajstić information content (AvgIpc) is 2.85. The summed E-state index contributed by atoms with van der Waals surface area (Å²) >= 11 is 1.85. The molecule has 5 heteroatoms. The fourth-order valence-electron chi connectivity index (χ4n) is 2.03. The van der Waals surface area contributed by atoms with Gasteiger partial charge in [0.05, 0.1) is 18.2 Å². The molecule has 4 nitrogen and oxygen atoms in total. The van der Waals surface area contributed by atoms with E-state index in [1.54, 1.807) is 6.20 Å². The molecule has 0 aliphatic heterocycles. The van der Waals surface area contributed by atoms with Crippen LogP contribution in [0.3, 0.4) is 0 Å². The number of nitrogens with zero attached hydrogens (tertiary/aromatic N) is 3. The predicted octanol–water partition coefficient (Wildman–Crippen LogP) is 2.84. The number of nitrogen functional groups attached to an aromatic ring is 1. The number of pyridine rings is 1. The highest BCUT2D eigenvalue weighted by Crippen LogP contribution is 2.28. The topological polar surface area (TPSA) is 56.7 Å². The monoisotopic (exact) mass is 262 g/mol. The summed E-state index contributed by atoms with van der Waals surface area (Å²) in [6.07, 6.45) is 8.64. The summed E-state index contributed by atoms with van der Waals surface area (Å²) in [6, 6.07) is 4.33. The van der Waals surface area contributed by atoms with Gasteiger partial charge >= 0.3 is 0 Å². The first-order valence-corrected chi connectivity index (χ1v) is 7.39. The van der Waals surface area contributed by atoms with Crippen LogP contribution in [0.5, 0.6) is 0 Å². The Bertz CT molecular complexity index is 509. The third kappa shape index (κ3) is 2.51. The van der Waals surface area contributed by atoms with Crippen LogP contribution in [-0.2, 0) is 0 Å².